The fraction of sp³-hybridized carbons (Fsp3) is 0.300. The van der Waals surface area contributed by atoms with Gasteiger partial charge < -0.3 is 19.7 Å². The Labute approximate surface area is 165 Å². The fourth-order valence-corrected chi connectivity index (χ4v) is 3.50. The molecule has 0 aromatic heterocycles. The minimum Gasteiger partial charge on any atom is -0.490 e. The summed E-state index contributed by atoms with van der Waals surface area (Å²) in [5.41, 5.74) is 1.44. The van der Waals surface area contributed by atoms with Crippen LogP contribution in [0.2, 0.25) is 0 Å². The van der Waals surface area contributed by atoms with Crippen molar-refractivity contribution in [3.05, 3.63) is 46.9 Å². The highest BCUT2D eigenvalue weighted by Gasteiger charge is 2.35. The number of nitrogens with one attached hydrogen (secondary N) is 1. The molecular weight excluding hydrogens is 412 g/mol. The summed E-state index contributed by atoms with van der Waals surface area (Å²) in [4.78, 5) is 26.7. The van der Waals surface area contributed by atoms with Crippen molar-refractivity contribution in [2.45, 2.75) is 12.8 Å². The van der Waals surface area contributed by atoms with E-state index in [0.29, 0.717) is 36.9 Å². The number of hydrogen-bond acceptors (Lipinski definition) is 4. The summed E-state index contributed by atoms with van der Waals surface area (Å²) in [5, 5.41) is 2.90. The van der Waals surface area contributed by atoms with E-state index in [1.54, 1.807) is 23.1 Å². The molecule has 1 N–H and O–H groups in total. The summed E-state index contributed by atoms with van der Waals surface area (Å²) in [7, 11) is 0. The Morgan fingerprint density at radius 3 is 2.59 bits per heavy atom. The Morgan fingerprint density at radius 2 is 1.81 bits per heavy atom. The first-order chi connectivity index (χ1) is 13.1. The molecule has 7 heteroatoms. The van der Waals surface area contributed by atoms with Crippen LogP contribution < -0.4 is 19.7 Å². The normalized spacial score (nSPS) is 18.9. The summed E-state index contributed by atoms with van der Waals surface area (Å²) >= 11 is 3.39. The van der Waals surface area contributed by atoms with Gasteiger partial charge in [-0.15, -0.1) is 0 Å². The van der Waals surface area contributed by atoms with Crippen LogP contribution in [0.25, 0.3) is 0 Å². The number of halogens is 1. The summed E-state index contributed by atoms with van der Waals surface area (Å²) in [6, 6.07) is 12.8. The SMILES string of the molecule is O=C(Nc1ccc2c(c1)OCCCO2)[C@@H]1CC(=O)N(c2ccc(Br)cc2)C1. The van der Waals surface area contributed by atoms with Gasteiger partial charge in [-0.25, -0.2) is 0 Å². The highest BCUT2D eigenvalue weighted by atomic mass is 79.9. The van der Waals surface area contributed by atoms with E-state index in [0.717, 1.165) is 16.6 Å². The standard InChI is InChI=1S/C20H19BrN2O4/c21-14-2-5-16(6-3-14)23-12-13(10-19(23)24)20(25)22-15-4-7-17-18(11-15)27-9-1-8-26-17/h2-7,11,13H,1,8-10,12H2,(H,22,25)/t13-/m1/s1. The van der Waals surface area contributed by atoms with E-state index in [9.17, 15) is 9.59 Å². The number of benzene rings is 2. The second kappa shape index (κ2) is 7.60. The third-order valence-electron chi connectivity index (χ3n) is 4.65. The summed E-state index contributed by atoms with van der Waals surface area (Å²) in [6.07, 6.45) is 1.03. The van der Waals surface area contributed by atoms with E-state index in [2.05, 4.69) is 21.2 Å². The predicted molar refractivity (Wildman–Crippen MR) is 105 cm³/mol. The number of amides is 2. The maximum absolute atomic E-state index is 12.7. The van der Waals surface area contributed by atoms with Gasteiger partial charge in [0, 0.05) is 41.3 Å². The third-order valence-corrected chi connectivity index (χ3v) is 5.18. The largest absolute Gasteiger partial charge is 0.490 e. The van der Waals surface area contributed by atoms with Crippen molar-refractivity contribution in [1.82, 2.24) is 0 Å². The van der Waals surface area contributed by atoms with Crippen LogP contribution >= 0.6 is 15.9 Å². The molecule has 0 bridgehead atoms. The van der Waals surface area contributed by atoms with Crippen LogP contribution in [0.15, 0.2) is 46.9 Å². The van der Waals surface area contributed by atoms with Crippen LogP contribution in [0.5, 0.6) is 11.5 Å². The number of ether oxygens (including phenoxy) is 2. The van der Waals surface area contributed by atoms with Crippen LogP contribution in [-0.2, 0) is 9.59 Å². The summed E-state index contributed by atoms with van der Waals surface area (Å²) in [6.45, 7) is 1.58. The molecule has 2 aromatic carbocycles. The fourth-order valence-electron chi connectivity index (χ4n) is 3.24. The number of anilines is 2. The minimum atomic E-state index is -0.392. The Kier molecular flexibility index (Phi) is 5.03. The predicted octanol–water partition coefficient (Wildman–Crippen LogP) is 3.60. The topological polar surface area (TPSA) is 67.9 Å². The zero-order valence-electron chi connectivity index (χ0n) is 14.6. The van der Waals surface area contributed by atoms with Crippen molar-refractivity contribution in [2.24, 2.45) is 5.92 Å². The third kappa shape index (κ3) is 3.93. The number of carbonyl (C=O) groups is 2. The van der Waals surface area contributed by atoms with E-state index >= 15 is 0 Å². The van der Waals surface area contributed by atoms with Gasteiger partial charge in [0.1, 0.15) is 0 Å². The molecule has 2 amide bonds. The molecule has 2 aliphatic rings. The molecule has 2 heterocycles. The molecule has 0 unspecified atom stereocenters. The quantitative estimate of drug-likeness (QED) is 0.807. The molecule has 6 nitrogen and oxygen atoms in total. The van der Waals surface area contributed by atoms with Gasteiger partial charge in [0.2, 0.25) is 11.8 Å². The zero-order chi connectivity index (χ0) is 18.8. The van der Waals surface area contributed by atoms with Gasteiger partial charge in [0.05, 0.1) is 19.1 Å². The van der Waals surface area contributed by atoms with Crippen molar-refractivity contribution in [3.63, 3.8) is 0 Å². The lowest BCUT2D eigenvalue weighted by atomic mass is 10.1. The van der Waals surface area contributed by atoms with E-state index in [4.69, 9.17) is 9.47 Å². The van der Waals surface area contributed by atoms with Crippen LogP contribution in [0.4, 0.5) is 11.4 Å². The van der Waals surface area contributed by atoms with Gasteiger partial charge in [-0.05, 0) is 36.4 Å². The molecular formula is C20H19BrN2O4. The monoisotopic (exact) mass is 430 g/mol. The molecule has 140 valence electrons. The maximum atomic E-state index is 12.7. The Bertz CT molecular complexity index is 869. The van der Waals surface area contributed by atoms with Crippen molar-refractivity contribution in [2.75, 3.05) is 30.0 Å². The number of carbonyl (C=O) groups excluding carboxylic acids is 2. The first kappa shape index (κ1) is 17.9. The Balaban J connectivity index is 1.44. The molecule has 1 atom stereocenters. The van der Waals surface area contributed by atoms with Gasteiger partial charge in [-0.1, -0.05) is 15.9 Å². The van der Waals surface area contributed by atoms with Gasteiger partial charge in [-0.3, -0.25) is 9.59 Å². The molecule has 4 rings (SSSR count). The smallest absolute Gasteiger partial charge is 0.229 e. The van der Waals surface area contributed by atoms with Gasteiger partial charge >= 0.3 is 0 Å². The van der Waals surface area contributed by atoms with Crippen LogP contribution in [-0.4, -0.2) is 31.6 Å². The average molecular weight is 431 g/mol. The highest BCUT2D eigenvalue weighted by Crippen LogP contribution is 2.33. The molecule has 0 spiro atoms. The number of nitrogens with zero attached hydrogens (tertiary/aromatic N) is 1. The lowest BCUT2D eigenvalue weighted by Crippen LogP contribution is -2.28. The van der Waals surface area contributed by atoms with Crippen molar-refractivity contribution < 1.29 is 19.1 Å². The van der Waals surface area contributed by atoms with Crippen LogP contribution in [0.1, 0.15) is 12.8 Å². The van der Waals surface area contributed by atoms with E-state index in [1.165, 1.54) is 0 Å². The van der Waals surface area contributed by atoms with E-state index in [1.807, 2.05) is 24.3 Å². The highest BCUT2D eigenvalue weighted by molar-refractivity contribution is 9.10. The maximum Gasteiger partial charge on any atom is 0.229 e. The molecule has 0 aliphatic carbocycles. The van der Waals surface area contributed by atoms with E-state index in [-0.39, 0.29) is 18.2 Å². The number of hydrogen-bond donors (Lipinski definition) is 1. The molecule has 1 fully saturated rings. The first-order valence-corrected chi connectivity index (χ1v) is 9.66. The molecule has 2 aromatic rings. The summed E-state index contributed by atoms with van der Waals surface area (Å²) < 4.78 is 12.2. The molecule has 1 saturated heterocycles. The second-order valence-electron chi connectivity index (χ2n) is 6.58. The lowest BCUT2D eigenvalue weighted by molar-refractivity contribution is -0.122. The second-order valence-corrected chi connectivity index (χ2v) is 7.50. The van der Waals surface area contributed by atoms with Gasteiger partial charge in [0.15, 0.2) is 11.5 Å². The number of rotatable bonds is 3. The zero-order valence-corrected chi connectivity index (χ0v) is 16.2. The Morgan fingerprint density at radius 1 is 1.07 bits per heavy atom. The van der Waals surface area contributed by atoms with Crippen LogP contribution in [0, 0.1) is 5.92 Å². The minimum absolute atomic E-state index is 0.0452. The van der Waals surface area contributed by atoms with E-state index < -0.39 is 5.92 Å². The van der Waals surface area contributed by atoms with Crippen molar-refractivity contribution >= 4 is 39.1 Å². The Hall–Kier alpha value is -2.54. The molecule has 0 radical (unpaired) electrons. The molecule has 27 heavy (non-hydrogen) atoms. The van der Waals surface area contributed by atoms with Crippen molar-refractivity contribution in [3.8, 4) is 11.5 Å². The van der Waals surface area contributed by atoms with Gasteiger partial charge in [0.25, 0.3) is 0 Å². The summed E-state index contributed by atoms with van der Waals surface area (Å²) in [5.74, 6) is 0.706. The molecule has 2 aliphatic heterocycles. The van der Waals surface area contributed by atoms with Crippen molar-refractivity contribution in [1.29, 1.82) is 0 Å². The van der Waals surface area contributed by atoms with Crippen LogP contribution in [0.3, 0.4) is 0 Å². The first-order valence-electron chi connectivity index (χ1n) is 8.86. The molecule has 0 saturated carbocycles. The number of fused-ring (bicyclic) bond motifs is 1. The van der Waals surface area contributed by atoms with Gasteiger partial charge in [-0.2, -0.15) is 0 Å². The average Bonchev–Trinajstić information content (AvgIpc) is 2.90. The lowest BCUT2D eigenvalue weighted by Gasteiger charge is -2.17.